The van der Waals surface area contributed by atoms with Gasteiger partial charge in [0.1, 0.15) is 6.10 Å². The standard InChI is InChI=1S/C14H12O2.C8H18O.C4H10O/c15-13(11-7-3-1-4-8-11)14(16)12-9-5-2-6-10-12;1-3-5-7-9-8-6-4-2;1-3-5-4-2/h1-10,13,15H;3-8H2,1-2H3;3-4H2,1-2H3. The Balaban J connectivity index is 0.000000509. The van der Waals surface area contributed by atoms with Crippen LogP contribution >= 0.6 is 0 Å². The van der Waals surface area contributed by atoms with Crippen molar-refractivity contribution in [2.45, 2.75) is 59.5 Å². The van der Waals surface area contributed by atoms with E-state index in [1.54, 1.807) is 48.5 Å². The van der Waals surface area contributed by atoms with Crippen LogP contribution in [-0.2, 0) is 9.47 Å². The SMILES string of the molecule is CCCCOCCCC.CCOCC.O=C(c1ccccc1)C(O)c1ccccc1. The lowest BCUT2D eigenvalue weighted by Crippen LogP contribution is -2.11. The van der Waals surface area contributed by atoms with E-state index in [1.165, 1.54) is 25.7 Å². The van der Waals surface area contributed by atoms with Crippen LogP contribution in [0.2, 0.25) is 0 Å². The lowest BCUT2D eigenvalue weighted by Gasteiger charge is -2.09. The number of unbranched alkanes of at least 4 members (excludes halogenated alkanes) is 2. The molecule has 1 atom stereocenters. The van der Waals surface area contributed by atoms with E-state index in [1.807, 2.05) is 26.0 Å². The first kappa shape index (κ1) is 28.0. The molecule has 0 saturated carbocycles. The monoisotopic (exact) mass is 416 g/mol. The maximum atomic E-state index is 11.9. The van der Waals surface area contributed by atoms with E-state index in [9.17, 15) is 9.90 Å². The zero-order valence-corrected chi connectivity index (χ0v) is 19.2. The number of aliphatic hydroxyl groups excluding tert-OH is 1. The minimum absolute atomic E-state index is 0.271. The Morgan fingerprint density at radius 1 is 0.767 bits per heavy atom. The van der Waals surface area contributed by atoms with Crippen LogP contribution in [0.5, 0.6) is 0 Å². The van der Waals surface area contributed by atoms with Crippen LogP contribution < -0.4 is 0 Å². The highest BCUT2D eigenvalue weighted by atomic mass is 16.5. The molecule has 168 valence electrons. The van der Waals surface area contributed by atoms with Crippen molar-refractivity contribution in [3.8, 4) is 0 Å². The molecule has 0 spiro atoms. The number of ether oxygens (including phenoxy) is 2. The van der Waals surface area contributed by atoms with Gasteiger partial charge in [0.05, 0.1) is 0 Å². The number of hydrogen-bond donors (Lipinski definition) is 1. The van der Waals surface area contributed by atoms with E-state index >= 15 is 0 Å². The summed E-state index contributed by atoms with van der Waals surface area (Å²) in [6, 6.07) is 17.7. The van der Waals surface area contributed by atoms with Gasteiger partial charge in [0.15, 0.2) is 5.78 Å². The summed E-state index contributed by atoms with van der Waals surface area (Å²) in [7, 11) is 0. The van der Waals surface area contributed by atoms with Gasteiger partial charge < -0.3 is 14.6 Å². The normalized spacial score (nSPS) is 10.8. The van der Waals surface area contributed by atoms with Crippen molar-refractivity contribution in [2.75, 3.05) is 26.4 Å². The Labute approximate surface area is 183 Å². The number of benzene rings is 2. The predicted octanol–water partition coefficient (Wildman–Crippen LogP) is 6.25. The summed E-state index contributed by atoms with van der Waals surface area (Å²) in [5.41, 5.74) is 1.15. The van der Waals surface area contributed by atoms with Crippen molar-refractivity contribution in [3.63, 3.8) is 0 Å². The lowest BCUT2D eigenvalue weighted by molar-refractivity contribution is 0.0747. The van der Waals surface area contributed by atoms with Gasteiger partial charge in [0.2, 0.25) is 0 Å². The molecule has 0 bridgehead atoms. The highest BCUT2D eigenvalue weighted by molar-refractivity contribution is 5.99. The van der Waals surface area contributed by atoms with Gasteiger partial charge in [0.25, 0.3) is 0 Å². The molecule has 1 unspecified atom stereocenters. The maximum Gasteiger partial charge on any atom is 0.195 e. The average molecular weight is 417 g/mol. The highest BCUT2D eigenvalue weighted by Gasteiger charge is 2.18. The molecule has 0 aromatic heterocycles. The van der Waals surface area contributed by atoms with E-state index < -0.39 is 6.10 Å². The summed E-state index contributed by atoms with van der Waals surface area (Å²) in [6.45, 7) is 11.9. The zero-order valence-electron chi connectivity index (χ0n) is 19.2. The second kappa shape index (κ2) is 20.3. The molecular weight excluding hydrogens is 376 g/mol. The molecule has 0 radical (unpaired) electrons. The van der Waals surface area contributed by atoms with Crippen molar-refractivity contribution in [1.29, 1.82) is 0 Å². The van der Waals surface area contributed by atoms with Gasteiger partial charge in [-0.2, -0.15) is 0 Å². The summed E-state index contributed by atoms with van der Waals surface area (Å²) in [4.78, 5) is 11.9. The third-order valence-corrected chi connectivity index (χ3v) is 4.11. The Hall–Kier alpha value is -2.01. The van der Waals surface area contributed by atoms with E-state index in [0.29, 0.717) is 11.1 Å². The molecule has 4 nitrogen and oxygen atoms in total. The van der Waals surface area contributed by atoms with Crippen LogP contribution in [0.25, 0.3) is 0 Å². The molecule has 30 heavy (non-hydrogen) atoms. The Bertz CT molecular complexity index is 605. The molecule has 2 rings (SSSR count). The van der Waals surface area contributed by atoms with Crippen LogP contribution in [0.3, 0.4) is 0 Å². The molecule has 0 heterocycles. The maximum absolute atomic E-state index is 11.9. The number of Topliss-reactive ketones (excluding diaryl/α,β-unsaturated/α-hetero) is 1. The third kappa shape index (κ3) is 14.0. The average Bonchev–Trinajstić information content (AvgIpc) is 2.80. The van der Waals surface area contributed by atoms with Crippen molar-refractivity contribution >= 4 is 5.78 Å². The van der Waals surface area contributed by atoms with Gasteiger partial charge in [-0.05, 0) is 32.3 Å². The van der Waals surface area contributed by atoms with Crippen molar-refractivity contribution in [2.24, 2.45) is 0 Å². The van der Waals surface area contributed by atoms with Crippen molar-refractivity contribution in [3.05, 3.63) is 71.8 Å². The summed E-state index contributed by atoms with van der Waals surface area (Å²) in [5, 5.41) is 9.89. The van der Waals surface area contributed by atoms with E-state index in [0.717, 1.165) is 26.4 Å². The minimum Gasteiger partial charge on any atom is -0.382 e. The molecule has 2 aromatic rings. The number of rotatable bonds is 11. The van der Waals surface area contributed by atoms with E-state index in [-0.39, 0.29) is 5.78 Å². The van der Waals surface area contributed by atoms with Crippen LogP contribution in [0.4, 0.5) is 0 Å². The van der Waals surface area contributed by atoms with Crippen LogP contribution in [0.15, 0.2) is 60.7 Å². The Morgan fingerprint density at radius 2 is 1.23 bits per heavy atom. The number of hydrogen-bond acceptors (Lipinski definition) is 4. The fourth-order valence-electron chi connectivity index (χ4n) is 2.35. The largest absolute Gasteiger partial charge is 0.382 e. The summed E-state index contributed by atoms with van der Waals surface area (Å²) < 4.78 is 10.1. The fourth-order valence-corrected chi connectivity index (χ4v) is 2.35. The summed E-state index contributed by atoms with van der Waals surface area (Å²) in [6.07, 6.45) is 3.83. The zero-order chi connectivity index (χ0) is 22.5. The summed E-state index contributed by atoms with van der Waals surface area (Å²) in [5.74, 6) is -0.271. The predicted molar refractivity (Wildman–Crippen MR) is 125 cm³/mol. The van der Waals surface area contributed by atoms with E-state index in [2.05, 4.69) is 13.8 Å². The van der Waals surface area contributed by atoms with Crippen LogP contribution in [-0.4, -0.2) is 37.3 Å². The molecule has 2 aromatic carbocycles. The van der Waals surface area contributed by atoms with Gasteiger partial charge in [0, 0.05) is 32.0 Å². The first-order valence-electron chi connectivity index (χ1n) is 11.1. The highest BCUT2D eigenvalue weighted by Crippen LogP contribution is 2.17. The van der Waals surface area contributed by atoms with Crippen LogP contribution in [0.1, 0.15) is 75.4 Å². The first-order chi connectivity index (χ1) is 14.6. The molecular formula is C26H40O4. The molecule has 0 fully saturated rings. The third-order valence-electron chi connectivity index (χ3n) is 4.11. The van der Waals surface area contributed by atoms with Gasteiger partial charge in [-0.15, -0.1) is 0 Å². The van der Waals surface area contributed by atoms with Gasteiger partial charge >= 0.3 is 0 Å². The minimum atomic E-state index is -1.08. The number of carbonyl (C=O) groups excluding carboxylic acids is 1. The number of aliphatic hydroxyl groups is 1. The molecule has 0 aliphatic heterocycles. The second-order valence-electron chi connectivity index (χ2n) is 6.64. The molecule has 0 aliphatic rings. The van der Waals surface area contributed by atoms with Crippen molar-refractivity contribution in [1.82, 2.24) is 0 Å². The topological polar surface area (TPSA) is 55.8 Å². The summed E-state index contributed by atoms with van der Waals surface area (Å²) >= 11 is 0. The van der Waals surface area contributed by atoms with Gasteiger partial charge in [-0.25, -0.2) is 0 Å². The molecule has 1 N–H and O–H groups in total. The van der Waals surface area contributed by atoms with Gasteiger partial charge in [-0.1, -0.05) is 87.4 Å². The van der Waals surface area contributed by atoms with Crippen LogP contribution in [0, 0.1) is 0 Å². The van der Waals surface area contributed by atoms with Gasteiger partial charge in [-0.3, -0.25) is 4.79 Å². The number of carbonyl (C=O) groups is 1. The second-order valence-corrected chi connectivity index (χ2v) is 6.64. The fraction of sp³-hybridized carbons (Fsp3) is 0.500. The molecule has 0 amide bonds. The lowest BCUT2D eigenvalue weighted by atomic mass is 10.0. The van der Waals surface area contributed by atoms with E-state index in [4.69, 9.17) is 9.47 Å². The first-order valence-corrected chi connectivity index (χ1v) is 11.1. The Morgan fingerprint density at radius 3 is 1.63 bits per heavy atom. The molecule has 0 saturated heterocycles. The smallest absolute Gasteiger partial charge is 0.195 e. The number of ketones is 1. The molecule has 4 heteroatoms. The molecule has 0 aliphatic carbocycles. The Kier molecular flexibility index (Phi) is 18.9. The quantitative estimate of drug-likeness (QED) is 0.347. The van der Waals surface area contributed by atoms with Crippen molar-refractivity contribution < 1.29 is 19.4 Å².